The first kappa shape index (κ1) is 45.9. The molecule has 2 saturated carbocycles. The maximum Gasteiger partial charge on any atom is 0.341 e. The Hall–Kier alpha value is -7.66. The van der Waals surface area contributed by atoms with Gasteiger partial charge in [0.1, 0.15) is 11.1 Å². The van der Waals surface area contributed by atoms with Gasteiger partial charge in [-0.25, -0.2) is 18.4 Å². The Balaban J connectivity index is 0.751. The predicted octanol–water partition coefficient (Wildman–Crippen LogP) is 1.89. The summed E-state index contributed by atoms with van der Waals surface area (Å²) in [5, 5.41) is 64.1. The van der Waals surface area contributed by atoms with E-state index in [9.17, 15) is 29.4 Å². The van der Waals surface area contributed by atoms with Gasteiger partial charge >= 0.3 is 11.9 Å². The van der Waals surface area contributed by atoms with E-state index in [2.05, 4.69) is 21.3 Å². The van der Waals surface area contributed by atoms with E-state index in [4.69, 9.17) is 33.1 Å². The van der Waals surface area contributed by atoms with Crippen LogP contribution in [0.5, 0.6) is 0 Å². The van der Waals surface area contributed by atoms with Crippen molar-refractivity contribution in [1.82, 2.24) is 40.2 Å². The highest BCUT2D eigenvalue weighted by molar-refractivity contribution is 6.01. The molecule has 8 rings (SSSR count). The molecule has 2 aromatic carbocycles. The summed E-state index contributed by atoms with van der Waals surface area (Å²) in [5.41, 5.74) is 10.1. The highest BCUT2D eigenvalue weighted by Gasteiger charge is 2.33. The second-order valence-electron chi connectivity index (χ2n) is 17.5. The van der Waals surface area contributed by atoms with Gasteiger partial charge in [0.05, 0.1) is 44.6 Å². The summed E-state index contributed by atoms with van der Waals surface area (Å²) in [5.74, 6) is -4.56. The van der Waals surface area contributed by atoms with Crippen LogP contribution in [-0.4, -0.2) is 130 Å². The molecule has 2 aromatic heterocycles. The summed E-state index contributed by atoms with van der Waals surface area (Å²) in [6.07, 6.45) is 6.41. The second kappa shape index (κ2) is 18.3. The van der Waals surface area contributed by atoms with Gasteiger partial charge in [0.15, 0.2) is 35.5 Å². The summed E-state index contributed by atoms with van der Waals surface area (Å²) in [7, 11) is 0. The molecule has 2 aliphatic heterocycles. The molecule has 1 unspecified atom stereocenters. The van der Waals surface area contributed by atoms with Crippen LogP contribution in [-0.2, 0) is 0 Å². The van der Waals surface area contributed by atoms with Crippen LogP contribution in [0.25, 0.3) is 21.8 Å². The highest BCUT2D eigenvalue weighted by atomic mass is 19.1. The minimum absolute atomic E-state index is 0.00739. The second-order valence-corrected chi connectivity index (χ2v) is 17.5. The van der Waals surface area contributed by atoms with Gasteiger partial charge in [-0.1, -0.05) is 6.92 Å². The van der Waals surface area contributed by atoms with Crippen molar-refractivity contribution in [3.63, 3.8) is 0 Å². The van der Waals surface area contributed by atoms with E-state index in [0.717, 1.165) is 25.7 Å². The number of fused-ring (bicyclic) bond motifs is 2. The van der Waals surface area contributed by atoms with Crippen molar-refractivity contribution in [3.05, 3.63) is 67.7 Å². The van der Waals surface area contributed by atoms with Gasteiger partial charge in [-0.05, 0) is 50.2 Å². The molecule has 4 aliphatic rings. The number of aromatic carboxylic acids is 2. The summed E-state index contributed by atoms with van der Waals surface area (Å²) in [6.45, 7) is 5.30. The van der Waals surface area contributed by atoms with Crippen LogP contribution in [0.2, 0.25) is 0 Å². The predicted molar refractivity (Wildman–Crippen MR) is 250 cm³/mol. The first-order valence-corrected chi connectivity index (χ1v) is 22.1. The highest BCUT2D eigenvalue weighted by Crippen LogP contribution is 2.41. The van der Waals surface area contributed by atoms with Crippen LogP contribution < -0.4 is 53.4 Å². The number of nitrogens with one attached hydrogen (secondary N) is 8. The Labute approximate surface area is 381 Å². The number of piperazine rings is 2. The van der Waals surface area contributed by atoms with Gasteiger partial charge < -0.3 is 61.0 Å². The van der Waals surface area contributed by atoms with Gasteiger partial charge in [0.25, 0.3) is 0 Å². The fraction of sp³-hybridized carbons (Fsp3) is 0.442. The minimum atomic E-state index is -1.40. The third-order valence-electron chi connectivity index (χ3n) is 12.8. The monoisotopic (exact) mass is 928 g/mol. The number of pyridine rings is 2. The number of hydrogen-bond acceptors (Lipinski definition) is 12. The van der Waals surface area contributed by atoms with Crippen LogP contribution in [0.1, 0.15) is 71.8 Å². The van der Waals surface area contributed by atoms with Crippen molar-refractivity contribution in [2.75, 3.05) is 86.7 Å². The molecule has 356 valence electrons. The third kappa shape index (κ3) is 9.27. The Kier molecular flexibility index (Phi) is 12.5. The molecular formula is C43H54F2N16O6. The number of carboxylic acid groups (broad SMARTS) is 2. The quantitative estimate of drug-likeness (QED) is 0.0581. The van der Waals surface area contributed by atoms with Crippen LogP contribution in [0.4, 0.5) is 31.5 Å². The van der Waals surface area contributed by atoms with E-state index < -0.39 is 56.9 Å². The average Bonchev–Trinajstić information content (AvgIpc) is 4.24. The summed E-state index contributed by atoms with van der Waals surface area (Å²) < 4.78 is 34.8. The van der Waals surface area contributed by atoms with Crippen molar-refractivity contribution >= 4 is 80.3 Å². The molecule has 0 bridgehead atoms. The lowest BCUT2D eigenvalue weighted by atomic mass is 10.1. The Morgan fingerprint density at radius 1 is 0.687 bits per heavy atom. The lowest BCUT2D eigenvalue weighted by Crippen LogP contribution is -2.55. The molecule has 1 atom stereocenters. The number of rotatable bonds is 11. The van der Waals surface area contributed by atoms with Gasteiger partial charge in [-0.15, -0.1) is 0 Å². The van der Waals surface area contributed by atoms with Crippen LogP contribution in [0.3, 0.4) is 0 Å². The number of halogens is 2. The number of nitrogen functional groups attached to an aromatic ring is 2. The van der Waals surface area contributed by atoms with E-state index in [0.29, 0.717) is 82.9 Å². The molecule has 2 aliphatic carbocycles. The molecule has 0 radical (unpaired) electrons. The lowest BCUT2D eigenvalue weighted by Gasteiger charge is -2.37. The van der Waals surface area contributed by atoms with Crippen LogP contribution >= 0.6 is 0 Å². The molecule has 0 amide bonds. The van der Waals surface area contributed by atoms with Crippen molar-refractivity contribution in [1.29, 1.82) is 21.6 Å². The van der Waals surface area contributed by atoms with E-state index in [1.165, 1.54) is 12.4 Å². The SMILES string of the molecule is CC(CCNC(=N)NC(=N)N1CCN(c2cc3c(c(N)c2F)c(=O)c(C(=O)O)cn3C2CC2)CC1)CNC(=N)NC(=N)N1CCN(c2cc3c(c(N)c2F)c(=O)c(C(=O)O)cn3C2CC2)CC1. The Morgan fingerprint density at radius 3 is 1.45 bits per heavy atom. The smallest absolute Gasteiger partial charge is 0.341 e. The number of carboxylic acids is 2. The van der Waals surface area contributed by atoms with Crippen LogP contribution in [0, 0.1) is 39.2 Å². The van der Waals surface area contributed by atoms with E-state index in [1.807, 2.05) is 6.92 Å². The number of nitrogens with zero attached hydrogens (tertiary/aromatic N) is 6. The molecule has 67 heavy (non-hydrogen) atoms. The summed E-state index contributed by atoms with van der Waals surface area (Å²) >= 11 is 0. The molecule has 4 aromatic rings. The maximum atomic E-state index is 15.7. The Morgan fingerprint density at radius 2 is 1.07 bits per heavy atom. The van der Waals surface area contributed by atoms with Crippen molar-refractivity contribution in [3.8, 4) is 0 Å². The summed E-state index contributed by atoms with van der Waals surface area (Å²) in [6, 6.07) is 3.08. The number of anilines is 4. The molecular weight excluding hydrogens is 875 g/mol. The van der Waals surface area contributed by atoms with Crippen molar-refractivity contribution < 1.29 is 28.6 Å². The first-order valence-electron chi connectivity index (χ1n) is 22.1. The fourth-order valence-corrected chi connectivity index (χ4v) is 8.71. The topological polar surface area (TPSA) is 327 Å². The van der Waals surface area contributed by atoms with Gasteiger partial charge in [-0.3, -0.25) is 41.9 Å². The van der Waals surface area contributed by atoms with E-state index in [-0.39, 0.29) is 64.0 Å². The summed E-state index contributed by atoms with van der Waals surface area (Å²) in [4.78, 5) is 56.5. The molecule has 4 heterocycles. The number of benzene rings is 2. The molecule has 22 nitrogen and oxygen atoms in total. The van der Waals surface area contributed by atoms with E-state index >= 15 is 8.78 Å². The Bertz CT molecular complexity index is 2840. The van der Waals surface area contributed by atoms with Crippen molar-refractivity contribution in [2.45, 2.75) is 51.1 Å². The number of aromatic nitrogens is 2. The zero-order valence-corrected chi connectivity index (χ0v) is 36.8. The third-order valence-corrected chi connectivity index (χ3v) is 12.8. The fourth-order valence-electron chi connectivity index (χ4n) is 8.71. The molecule has 24 heteroatoms. The largest absolute Gasteiger partial charge is 0.477 e. The molecule has 0 spiro atoms. The van der Waals surface area contributed by atoms with Gasteiger partial charge in [0.2, 0.25) is 10.9 Å². The molecule has 4 fully saturated rings. The zero-order chi connectivity index (χ0) is 48.0. The van der Waals surface area contributed by atoms with Crippen molar-refractivity contribution in [2.24, 2.45) is 5.92 Å². The number of nitrogens with two attached hydrogens (primary N) is 2. The van der Waals surface area contributed by atoms with Crippen LogP contribution in [0.15, 0.2) is 34.1 Å². The van der Waals surface area contributed by atoms with E-state index in [1.54, 1.807) is 40.9 Å². The number of guanidine groups is 4. The first-order chi connectivity index (χ1) is 31.9. The standard InChI is InChI=1S/C43H54F2N16O6/c1-21(18-53-41(49)55-43(51)59-14-10-57(11-15-59)29-17-27-31(35(47)33(29)45)37(63)25(39(66)67)20-61(27)23-4-5-23)6-7-52-40(48)54-42(50)58-12-8-56(9-13-58)28-16-26-30(34(46)32(28)44)36(62)24(38(64)65)19-60(26)22-2-3-22/h16-17,19-23H,2-15,18,46-47H2,1H3,(H,64,65)(H,66,67)(H4,48,50,52,54)(H4,49,51,53,55). The molecule has 14 N–H and O–H groups in total. The normalized spacial score (nSPS) is 16.8. The zero-order valence-electron chi connectivity index (χ0n) is 36.8. The average molecular weight is 929 g/mol. The number of carbonyl (C=O) groups is 2. The van der Waals surface area contributed by atoms with Gasteiger partial charge in [0, 0.05) is 89.9 Å². The maximum absolute atomic E-state index is 15.7. The molecule has 2 saturated heterocycles. The minimum Gasteiger partial charge on any atom is -0.477 e. The number of hydrogen-bond donors (Lipinski definition) is 12. The van der Waals surface area contributed by atoms with Gasteiger partial charge in [-0.2, -0.15) is 0 Å². The lowest BCUT2D eigenvalue weighted by molar-refractivity contribution is 0.0684.